The summed E-state index contributed by atoms with van der Waals surface area (Å²) in [5.74, 6) is 3.64. The Labute approximate surface area is 638 Å². The molecule has 0 amide bonds. The van der Waals surface area contributed by atoms with Crippen LogP contribution in [-0.4, -0.2) is 86.4 Å². The van der Waals surface area contributed by atoms with Gasteiger partial charge in [0.15, 0.2) is 22.1 Å². The molecule has 0 fully saturated rings. The molecule has 26 rings (SSSR count). The number of nitrogens with zero attached hydrogens (tertiary/aromatic N) is 23. The first kappa shape index (κ1) is 48.3. The Morgan fingerprint density at radius 1 is 0.343 bits per heavy atom. The molecule has 5 aliphatic heterocycles. The number of hydrogen-bond donors (Lipinski definition) is 0. The van der Waals surface area contributed by atoms with Crippen molar-refractivity contribution >= 4 is 121 Å². The standard InChI is InChI=1S/C21H16N5.2C16H14N5.C15H11N4O.C15H11N4S/c1-24-18-16-8-5-10-23-19(16)26(15-6-3-2-4-7-15)21(18)25-13-14-9-11-22-12-17(14)20(24)25;2*1-19-13-11-4-3-6-18-14(11)20(2)16(13)21-9-10-5-7-17-8-12(10)15(19)21;2*1-18-12-10-3-2-5-17-13(10)20-15(12)19-8-9-4-6-16-7-11(9)14(18)19/h2-12H,13H2,1H3;2*3-8H,9H2,1-2H3;2*2-7H,8H2,1H3/q5*+1/i1D3;1D3,2D3;2*1D3;. The second-order valence-corrected chi connectivity index (χ2v) is 28.0. The minimum Gasteiger partial charge on any atom is -0.400 e. The Morgan fingerprint density at radius 2 is 0.741 bits per heavy atom. The molecule has 520 valence electrons. The van der Waals surface area contributed by atoms with Crippen molar-refractivity contribution in [1.82, 2.24) is 86.4 Å². The highest BCUT2D eigenvalue weighted by atomic mass is 32.1. The third-order valence-corrected chi connectivity index (χ3v) is 22.6. The van der Waals surface area contributed by atoms with Gasteiger partial charge in [0, 0.05) is 121 Å². The Kier molecular flexibility index (Phi) is 10.3. The highest BCUT2D eigenvalue weighted by Crippen LogP contribution is 2.41. The van der Waals surface area contributed by atoms with E-state index in [2.05, 4.69) is 91.9 Å². The molecule has 0 radical (unpaired) electrons. The van der Waals surface area contributed by atoms with Crippen LogP contribution in [0.25, 0.3) is 172 Å². The zero-order chi connectivity index (χ0) is 84.6. The summed E-state index contributed by atoms with van der Waals surface area (Å²) >= 11 is 1.77. The number of benzene rings is 1. The zero-order valence-electron chi connectivity index (χ0n) is 72.3. The Balaban J connectivity index is 0.0000000921. The van der Waals surface area contributed by atoms with Gasteiger partial charge in [-0.15, -0.1) is 0 Å². The number of furan rings is 1. The van der Waals surface area contributed by atoms with Crippen LogP contribution in [-0.2, 0) is 81.7 Å². The first-order valence-corrected chi connectivity index (χ1v) is 35.5. The van der Waals surface area contributed by atoms with E-state index in [0.29, 0.717) is 105 Å². The molecule has 0 unspecified atom stereocenters. The van der Waals surface area contributed by atoms with E-state index >= 15 is 0 Å². The first-order valence-electron chi connectivity index (χ1n) is 42.2. The lowest BCUT2D eigenvalue weighted by Crippen LogP contribution is -2.33. The van der Waals surface area contributed by atoms with E-state index in [9.17, 15) is 0 Å². The minimum absolute atomic E-state index is 0.241. The fourth-order valence-corrected chi connectivity index (χ4v) is 18.1. The average molecular weight is 1450 g/mol. The van der Waals surface area contributed by atoms with E-state index in [1.807, 2.05) is 126 Å². The molecule has 108 heavy (non-hydrogen) atoms. The summed E-state index contributed by atoms with van der Waals surface area (Å²) in [7, 11) is 4.06. The number of imidazole rings is 5. The normalized spacial score (nSPS) is 15.6. The lowest BCUT2D eigenvalue weighted by Gasteiger charge is -2.02. The molecule has 0 bridgehead atoms. The number of aromatic nitrogens is 23. The van der Waals surface area contributed by atoms with Crippen LogP contribution in [0.15, 0.2) is 219 Å². The van der Waals surface area contributed by atoms with E-state index in [-0.39, 0.29) is 5.65 Å². The van der Waals surface area contributed by atoms with Crippen molar-refractivity contribution in [3.8, 4) is 62.6 Å². The molecule has 0 atom stereocenters. The van der Waals surface area contributed by atoms with Crippen molar-refractivity contribution in [3.05, 3.63) is 242 Å². The van der Waals surface area contributed by atoms with Crippen molar-refractivity contribution in [3.63, 3.8) is 0 Å². The minimum atomic E-state index is -2.51. The zero-order valence-corrected chi connectivity index (χ0v) is 58.2. The Hall–Kier alpha value is -13.8. The molecule has 0 saturated carbocycles. The van der Waals surface area contributed by atoms with Gasteiger partial charge in [0.05, 0.1) is 144 Å². The summed E-state index contributed by atoms with van der Waals surface area (Å²) in [6.07, 6.45) is 26.0. The average Bonchev–Trinajstić information content (AvgIpc) is 1.53. The van der Waals surface area contributed by atoms with Crippen LogP contribution < -0.4 is 22.8 Å². The molecule has 5 aliphatic rings. The van der Waals surface area contributed by atoms with Crippen LogP contribution in [0.1, 0.15) is 48.4 Å². The van der Waals surface area contributed by atoms with Crippen LogP contribution in [0.5, 0.6) is 0 Å². The predicted octanol–water partition coefficient (Wildman–Crippen LogP) is 11.3. The highest BCUT2D eigenvalue weighted by Gasteiger charge is 2.41. The molecule has 25 heteroatoms. The lowest BCUT2D eigenvalue weighted by molar-refractivity contribution is -0.652. The third-order valence-electron chi connectivity index (χ3n) is 21.4. The molecular formula is C83H66N23OS+5. The Bertz CT molecular complexity index is 8050. The molecule has 0 aliphatic carbocycles. The van der Waals surface area contributed by atoms with E-state index in [4.69, 9.17) is 25.0 Å². The smallest absolute Gasteiger partial charge is 0.341 e. The summed E-state index contributed by atoms with van der Waals surface area (Å²) < 4.78 is 151. The summed E-state index contributed by atoms with van der Waals surface area (Å²) in [5.41, 5.74) is 19.2. The van der Waals surface area contributed by atoms with E-state index in [1.165, 1.54) is 57.1 Å². The van der Waals surface area contributed by atoms with Gasteiger partial charge in [0.2, 0.25) is 50.5 Å². The number of fused-ring (bicyclic) bond motifs is 35. The van der Waals surface area contributed by atoms with Crippen LogP contribution in [0.2, 0.25) is 0 Å². The van der Waals surface area contributed by atoms with E-state index in [1.54, 1.807) is 102 Å². The molecule has 20 aromatic heterocycles. The number of para-hydroxylation sites is 1. The van der Waals surface area contributed by atoms with Gasteiger partial charge < -0.3 is 4.42 Å². The predicted molar refractivity (Wildman–Crippen MR) is 411 cm³/mol. The Morgan fingerprint density at radius 3 is 1.27 bits per heavy atom. The molecule has 24 nitrogen and oxygen atoms in total. The molecular weight excluding hydrogens is 1370 g/mol. The fraction of sp³-hybridized carbons (Fsp3) is 0.145. The molecule has 0 N–H and O–H groups in total. The number of pyridine rings is 10. The monoisotopic (exact) mass is 1450 g/mol. The van der Waals surface area contributed by atoms with E-state index in [0.717, 1.165) is 93.9 Å². The summed E-state index contributed by atoms with van der Waals surface area (Å²) in [4.78, 5) is 45.3. The SMILES string of the molecule is Cn1c2[n+](c3sc4ncccc4c31)Cc1ccncc1-2.[2H]C([2H])([2H])n1c2[n+](c3c1c1cccnc1n3-c1ccccc1)Cc1ccncc1-2.[2H]C([2H])([2H])n1c2[n+](c3c1c1cccnc1n3C([2H])([2H])[2H])Cc1ccncc1-2.[2H]C([2H])([2H])n1c2[n+](c3c1c1cccnc1n3C)Cc1ccncc1-2.[2H]C([2H])([2H])n1c2[n+](c3oc4ncccc4c31)Cc1ccncc1-2. The van der Waals surface area contributed by atoms with Gasteiger partial charge in [-0.3, -0.25) is 38.6 Å². The van der Waals surface area contributed by atoms with Crippen LogP contribution in [0, 0.1) is 0 Å². The summed E-state index contributed by atoms with van der Waals surface area (Å²) in [6, 6.07) is 38.3. The number of thiophene rings is 1. The van der Waals surface area contributed by atoms with Crippen molar-refractivity contribution in [1.29, 1.82) is 0 Å². The molecule has 21 aromatic rings. The van der Waals surface area contributed by atoms with Gasteiger partial charge in [-0.25, -0.2) is 66.0 Å². The number of aryl methyl sites for hydroxylation is 7. The molecule has 0 spiro atoms. The van der Waals surface area contributed by atoms with Gasteiger partial charge >= 0.3 is 5.71 Å². The summed E-state index contributed by atoms with van der Waals surface area (Å²) in [6.45, 7) is -8.88. The van der Waals surface area contributed by atoms with Gasteiger partial charge in [-0.1, -0.05) is 29.5 Å². The fourth-order valence-electron chi connectivity index (χ4n) is 16.9. The molecule has 1 aromatic carbocycles. The van der Waals surface area contributed by atoms with Crippen LogP contribution in [0.3, 0.4) is 0 Å². The molecule has 25 heterocycles. The second kappa shape index (κ2) is 23.1. The molecule has 0 saturated heterocycles. The third kappa shape index (κ3) is 8.51. The maximum Gasteiger partial charge on any atom is 0.341 e. The quantitative estimate of drug-likeness (QED) is 0.142. The van der Waals surface area contributed by atoms with Gasteiger partial charge in [-0.05, 0) is 103 Å². The van der Waals surface area contributed by atoms with Crippen molar-refractivity contribution < 1.29 is 47.8 Å². The van der Waals surface area contributed by atoms with E-state index < -0.39 is 34.9 Å². The number of rotatable bonds is 1. The topological polar surface area (TPSA) is 201 Å². The number of hydrogen-bond acceptors (Lipinski definition) is 12. The lowest BCUT2D eigenvalue weighted by atomic mass is 10.2. The maximum absolute atomic E-state index is 8.30. The van der Waals surface area contributed by atoms with Gasteiger partial charge in [-0.2, -0.15) is 4.57 Å². The van der Waals surface area contributed by atoms with Crippen molar-refractivity contribution in [2.45, 2.75) is 32.7 Å². The second-order valence-electron chi connectivity index (χ2n) is 27.0. The van der Waals surface area contributed by atoms with Crippen LogP contribution in [0.4, 0.5) is 0 Å². The van der Waals surface area contributed by atoms with Gasteiger partial charge in [0.25, 0.3) is 28.6 Å². The van der Waals surface area contributed by atoms with Crippen LogP contribution >= 0.6 is 11.3 Å². The van der Waals surface area contributed by atoms with Gasteiger partial charge in [0.1, 0.15) is 23.6 Å². The first-order chi connectivity index (χ1) is 59.1. The maximum atomic E-state index is 8.30. The van der Waals surface area contributed by atoms with Crippen molar-refractivity contribution in [2.24, 2.45) is 49.0 Å². The summed E-state index contributed by atoms with van der Waals surface area (Å²) in [5, 5.41) is 4.09. The highest BCUT2D eigenvalue weighted by molar-refractivity contribution is 7.24. The largest absolute Gasteiger partial charge is 0.400 e. The van der Waals surface area contributed by atoms with Crippen molar-refractivity contribution in [2.75, 3.05) is 0 Å².